The van der Waals surface area contributed by atoms with Gasteiger partial charge in [0.1, 0.15) is 24.2 Å². The van der Waals surface area contributed by atoms with Crippen LogP contribution in [0.25, 0.3) is 22.3 Å². The number of carbonyl (C=O) groups is 2. The number of hydrogen-bond donors (Lipinski definition) is 2. The zero-order valence-corrected chi connectivity index (χ0v) is 35.3. The molecule has 4 heterocycles. The number of aryl methyl sites for hydroxylation is 2. The molecule has 4 atom stereocenters. The van der Waals surface area contributed by atoms with Gasteiger partial charge in [0.25, 0.3) is 0 Å². The van der Waals surface area contributed by atoms with E-state index in [4.69, 9.17) is 24.3 Å². The van der Waals surface area contributed by atoms with Crippen molar-refractivity contribution in [1.29, 1.82) is 0 Å². The smallest absolute Gasteiger partial charge is 0.408 e. The Hall–Kier alpha value is -4.52. The molecule has 56 heavy (non-hydrogen) atoms. The second-order valence-electron chi connectivity index (χ2n) is 17.9. The Bertz CT molecular complexity index is 2050. The number of carbonyl (C=O) groups excluding carboxylic acids is 2. The Morgan fingerprint density at radius 3 is 2.46 bits per heavy atom. The molecule has 12 heteroatoms. The molecular weight excluding hydrogens is 721 g/mol. The van der Waals surface area contributed by atoms with Gasteiger partial charge in [0.2, 0.25) is 5.91 Å². The number of morpholine rings is 1. The molecule has 2 saturated heterocycles. The number of aromatic nitrogens is 3. The number of ether oxygens (including phenoxy) is 3. The van der Waals surface area contributed by atoms with Gasteiger partial charge in [-0.1, -0.05) is 50.0 Å². The third-order valence-corrected chi connectivity index (χ3v) is 12.9. The third-order valence-electron chi connectivity index (χ3n) is 11.2. The molecule has 0 saturated carbocycles. The van der Waals surface area contributed by atoms with Crippen molar-refractivity contribution in [3.05, 3.63) is 83.3 Å². The Labute approximate surface area is 332 Å². The molecule has 1 aliphatic carbocycles. The molecule has 4 aromatic rings. The van der Waals surface area contributed by atoms with Crippen LogP contribution in [0.5, 0.6) is 0 Å². The van der Waals surface area contributed by atoms with Gasteiger partial charge < -0.3 is 29.7 Å². The molecule has 11 nitrogen and oxygen atoms in total. The van der Waals surface area contributed by atoms with E-state index in [0.29, 0.717) is 18.5 Å². The number of benzene rings is 2. The minimum absolute atomic E-state index is 0.262. The van der Waals surface area contributed by atoms with Crippen molar-refractivity contribution in [2.75, 3.05) is 30.0 Å². The Kier molecular flexibility index (Phi) is 11.4. The summed E-state index contributed by atoms with van der Waals surface area (Å²) in [4.78, 5) is 34.8. The molecule has 2 N–H and O–H groups in total. The van der Waals surface area contributed by atoms with Gasteiger partial charge >= 0.3 is 6.09 Å². The average Bonchev–Trinajstić information content (AvgIpc) is 3.86. The number of anilines is 2. The molecule has 2 aromatic heterocycles. The van der Waals surface area contributed by atoms with E-state index in [0.717, 1.165) is 96.5 Å². The SMILES string of the molecule is Cc1nn(COCC[Si](C)(C)C)c(C)c1-c1ccc(NC(=O)[C@@H](NC(=O)OC(C)(C)C)C2CCCc3ccc(-c4ccnc(N5C[C@H]6C[C@@H]5CO6)c4)cc32)cc1. The maximum Gasteiger partial charge on any atom is 0.408 e. The van der Waals surface area contributed by atoms with Gasteiger partial charge in [0.15, 0.2) is 0 Å². The van der Waals surface area contributed by atoms with Crippen molar-refractivity contribution in [2.24, 2.45) is 0 Å². The van der Waals surface area contributed by atoms with Crippen LogP contribution in [0.1, 0.15) is 68.5 Å². The average molecular weight is 779 g/mol. The van der Waals surface area contributed by atoms with E-state index in [2.05, 4.69) is 66.4 Å². The summed E-state index contributed by atoms with van der Waals surface area (Å²) < 4.78 is 19.4. The molecular formula is C44H58N6O5Si. The van der Waals surface area contributed by atoms with Crippen molar-refractivity contribution in [3.8, 4) is 22.3 Å². The van der Waals surface area contributed by atoms with Crippen LogP contribution in [0, 0.1) is 13.8 Å². The molecule has 298 valence electrons. The van der Waals surface area contributed by atoms with E-state index in [9.17, 15) is 9.59 Å². The molecule has 3 aliphatic rings. The van der Waals surface area contributed by atoms with Crippen molar-refractivity contribution in [3.63, 3.8) is 0 Å². The minimum atomic E-state index is -1.18. The summed E-state index contributed by atoms with van der Waals surface area (Å²) in [6.45, 7) is 19.3. The Balaban J connectivity index is 1.11. The monoisotopic (exact) mass is 778 g/mol. The Morgan fingerprint density at radius 2 is 1.77 bits per heavy atom. The lowest BCUT2D eigenvalue weighted by atomic mass is 9.77. The third kappa shape index (κ3) is 9.19. The van der Waals surface area contributed by atoms with Gasteiger partial charge in [-0.2, -0.15) is 5.10 Å². The van der Waals surface area contributed by atoms with Crippen LogP contribution in [-0.2, 0) is 32.2 Å². The lowest BCUT2D eigenvalue weighted by Gasteiger charge is -2.33. The van der Waals surface area contributed by atoms with E-state index < -0.39 is 25.8 Å². The summed E-state index contributed by atoms with van der Waals surface area (Å²) in [5.41, 5.74) is 8.32. The maximum atomic E-state index is 14.4. The summed E-state index contributed by atoms with van der Waals surface area (Å²) in [7, 11) is -1.18. The van der Waals surface area contributed by atoms with Crippen molar-refractivity contribution in [2.45, 2.75) is 122 Å². The highest BCUT2D eigenvalue weighted by Gasteiger charge is 2.40. The highest BCUT2D eigenvalue weighted by atomic mass is 28.3. The van der Waals surface area contributed by atoms with Gasteiger partial charge in [-0.3, -0.25) is 4.79 Å². The second kappa shape index (κ2) is 16.1. The lowest BCUT2D eigenvalue weighted by molar-refractivity contribution is -0.118. The first kappa shape index (κ1) is 39.7. The van der Waals surface area contributed by atoms with Crippen molar-refractivity contribution < 1.29 is 23.8 Å². The zero-order valence-electron chi connectivity index (χ0n) is 34.3. The predicted octanol–water partition coefficient (Wildman–Crippen LogP) is 8.47. The standard InChI is InChI=1S/C44H58N6O5Si/c1-28-40(29(2)50(48-28)27-53-20-21-56(6,7)8)31-14-16-34(17-15-31)46-42(51)41(47-43(52)55-44(3,4)5)37-11-9-10-30-12-13-32(22-38(30)37)33-18-19-45-39(23-33)49-25-36-24-35(49)26-54-36/h12-19,22-23,35-37,41H,9-11,20-21,24-27H2,1-8H3,(H,46,51)(H,47,52)/t35-,36-,37?,41+/m1/s1. The van der Waals surface area contributed by atoms with Crippen molar-refractivity contribution >= 4 is 31.6 Å². The number of nitrogens with zero attached hydrogens (tertiary/aromatic N) is 4. The summed E-state index contributed by atoms with van der Waals surface area (Å²) in [6, 6.07) is 19.2. The number of amides is 2. The number of rotatable bonds is 12. The van der Waals surface area contributed by atoms with Gasteiger partial charge in [0.05, 0.1) is 24.4 Å². The molecule has 2 fully saturated rings. The molecule has 2 aromatic carbocycles. The minimum Gasteiger partial charge on any atom is -0.444 e. The fourth-order valence-corrected chi connectivity index (χ4v) is 9.05. The van der Waals surface area contributed by atoms with E-state index in [1.54, 1.807) is 0 Å². The van der Waals surface area contributed by atoms with E-state index >= 15 is 0 Å². The van der Waals surface area contributed by atoms with E-state index in [-0.39, 0.29) is 17.9 Å². The van der Waals surface area contributed by atoms with Crippen LogP contribution in [-0.4, -0.2) is 78.4 Å². The van der Waals surface area contributed by atoms with E-state index in [1.807, 2.05) is 68.9 Å². The number of fused-ring (bicyclic) bond motifs is 3. The number of alkyl carbamates (subject to hydrolysis) is 1. The molecule has 0 spiro atoms. The van der Waals surface area contributed by atoms with Crippen LogP contribution in [0.2, 0.25) is 25.7 Å². The largest absolute Gasteiger partial charge is 0.444 e. The molecule has 2 amide bonds. The van der Waals surface area contributed by atoms with Gasteiger partial charge in [0, 0.05) is 50.3 Å². The summed E-state index contributed by atoms with van der Waals surface area (Å²) in [5, 5.41) is 10.9. The number of nitrogens with one attached hydrogen (secondary N) is 2. The number of hydrogen-bond acceptors (Lipinski definition) is 8. The second-order valence-corrected chi connectivity index (χ2v) is 23.5. The molecule has 1 unspecified atom stereocenters. The highest BCUT2D eigenvalue weighted by molar-refractivity contribution is 6.76. The molecule has 7 rings (SSSR count). The van der Waals surface area contributed by atoms with Crippen LogP contribution < -0.4 is 15.5 Å². The van der Waals surface area contributed by atoms with Gasteiger partial charge in [-0.05, 0) is 118 Å². The summed E-state index contributed by atoms with van der Waals surface area (Å²) in [5.74, 6) is 0.408. The first-order valence-electron chi connectivity index (χ1n) is 20.1. The predicted molar refractivity (Wildman–Crippen MR) is 224 cm³/mol. The topological polar surface area (TPSA) is 120 Å². The highest BCUT2D eigenvalue weighted by Crippen LogP contribution is 2.39. The summed E-state index contributed by atoms with van der Waals surface area (Å²) in [6.07, 6.45) is 5.14. The van der Waals surface area contributed by atoms with Crippen LogP contribution in [0.3, 0.4) is 0 Å². The summed E-state index contributed by atoms with van der Waals surface area (Å²) >= 11 is 0. The Morgan fingerprint density at radius 1 is 1.02 bits per heavy atom. The number of pyridine rings is 1. The fraction of sp³-hybridized carbons (Fsp3) is 0.500. The molecule has 0 radical (unpaired) electrons. The lowest BCUT2D eigenvalue weighted by Crippen LogP contribution is -2.49. The molecule has 2 aliphatic heterocycles. The first-order chi connectivity index (χ1) is 26.6. The maximum absolute atomic E-state index is 14.4. The normalized spacial score (nSPS) is 19.8. The first-order valence-corrected chi connectivity index (χ1v) is 23.8. The quantitative estimate of drug-likeness (QED) is 0.109. The van der Waals surface area contributed by atoms with Crippen molar-refractivity contribution in [1.82, 2.24) is 20.1 Å². The van der Waals surface area contributed by atoms with Crippen LogP contribution >= 0.6 is 0 Å². The van der Waals surface area contributed by atoms with Gasteiger partial charge in [-0.15, -0.1) is 0 Å². The van der Waals surface area contributed by atoms with Gasteiger partial charge in [-0.25, -0.2) is 14.5 Å². The van der Waals surface area contributed by atoms with E-state index in [1.165, 1.54) is 5.56 Å². The fourth-order valence-electron chi connectivity index (χ4n) is 8.29. The van der Waals surface area contributed by atoms with Crippen LogP contribution in [0.15, 0.2) is 60.8 Å². The van der Waals surface area contributed by atoms with Crippen LogP contribution in [0.4, 0.5) is 16.3 Å². The molecule has 2 bridgehead atoms. The zero-order chi connectivity index (χ0) is 39.8.